The van der Waals surface area contributed by atoms with Crippen LogP contribution in [-0.4, -0.2) is 5.11 Å². The first kappa shape index (κ1) is 12.2. The van der Waals surface area contributed by atoms with E-state index in [2.05, 4.69) is 43.3 Å². The fourth-order valence-corrected chi connectivity index (χ4v) is 2.66. The van der Waals surface area contributed by atoms with Crippen LogP contribution in [0.25, 0.3) is 0 Å². The minimum Gasteiger partial charge on any atom is -0.392 e. The van der Waals surface area contributed by atoms with Crippen molar-refractivity contribution in [1.82, 2.24) is 0 Å². The van der Waals surface area contributed by atoms with Gasteiger partial charge in [-0.25, -0.2) is 0 Å². The van der Waals surface area contributed by atoms with Gasteiger partial charge in [-0.05, 0) is 30.2 Å². The van der Waals surface area contributed by atoms with E-state index in [0.29, 0.717) is 5.25 Å². The lowest BCUT2D eigenvalue weighted by Gasteiger charge is -2.11. The molecule has 1 unspecified atom stereocenters. The zero-order valence-corrected chi connectivity index (χ0v) is 10.7. The molecule has 2 aromatic rings. The third-order valence-electron chi connectivity index (χ3n) is 2.69. The zero-order valence-electron chi connectivity index (χ0n) is 9.84. The zero-order chi connectivity index (χ0) is 12.1. The minimum absolute atomic E-state index is 0.110. The van der Waals surface area contributed by atoms with Gasteiger partial charge in [0.15, 0.2) is 0 Å². The summed E-state index contributed by atoms with van der Waals surface area (Å²) < 4.78 is 0. The molecule has 1 nitrogen and oxygen atoms in total. The van der Waals surface area contributed by atoms with Gasteiger partial charge in [0.1, 0.15) is 0 Å². The second-order valence-corrected chi connectivity index (χ2v) is 5.39. The summed E-state index contributed by atoms with van der Waals surface area (Å²) in [4.78, 5) is 1.23. The molecule has 0 radical (unpaired) electrons. The SMILES string of the molecule is CC(Sc1ccc(CO)cc1)c1ccccc1. The van der Waals surface area contributed by atoms with Crippen molar-refractivity contribution in [2.24, 2.45) is 0 Å². The van der Waals surface area contributed by atoms with Crippen molar-refractivity contribution < 1.29 is 5.11 Å². The lowest BCUT2D eigenvalue weighted by Crippen LogP contribution is -1.88. The molecule has 2 rings (SSSR count). The average molecular weight is 244 g/mol. The van der Waals surface area contributed by atoms with E-state index in [4.69, 9.17) is 5.11 Å². The highest BCUT2D eigenvalue weighted by atomic mass is 32.2. The molecule has 2 heteroatoms. The summed E-state index contributed by atoms with van der Waals surface area (Å²) in [5.74, 6) is 0. The smallest absolute Gasteiger partial charge is 0.0681 e. The summed E-state index contributed by atoms with van der Waals surface area (Å²) in [5, 5.41) is 9.42. The van der Waals surface area contributed by atoms with Gasteiger partial charge in [-0.2, -0.15) is 0 Å². The summed E-state index contributed by atoms with van der Waals surface area (Å²) >= 11 is 1.83. The van der Waals surface area contributed by atoms with E-state index in [1.54, 1.807) is 0 Å². The number of benzene rings is 2. The molecule has 1 N–H and O–H groups in total. The topological polar surface area (TPSA) is 20.2 Å². The third-order valence-corrected chi connectivity index (χ3v) is 3.86. The normalized spacial score (nSPS) is 12.4. The summed E-state index contributed by atoms with van der Waals surface area (Å²) in [7, 11) is 0. The first-order chi connectivity index (χ1) is 8.29. The maximum absolute atomic E-state index is 8.98. The molecule has 0 saturated heterocycles. The number of hydrogen-bond donors (Lipinski definition) is 1. The Hall–Kier alpha value is -1.25. The standard InChI is InChI=1S/C15H16OS/c1-12(14-5-3-2-4-6-14)17-15-9-7-13(11-16)8-10-15/h2-10,12,16H,11H2,1H3. The second kappa shape index (κ2) is 5.89. The molecular weight excluding hydrogens is 228 g/mol. The van der Waals surface area contributed by atoms with Gasteiger partial charge in [-0.1, -0.05) is 42.5 Å². The molecule has 1 atom stereocenters. The Balaban J connectivity index is 2.05. The Morgan fingerprint density at radius 3 is 2.24 bits per heavy atom. The molecule has 0 saturated carbocycles. The van der Waals surface area contributed by atoms with Gasteiger partial charge in [-0.3, -0.25) is 0 Å². The molecule has 0 aliphatic heterocycles. The fourth-order valence-electron chi connectivity index (χ4n) is 1.67. The van der Waals surface area contributed by atoms with Gasteiger partial charge in [-0.15, -0.1) is 11.8 Å². The maximum atomic E-state index is 8.98. The third kappa shape index (κ3) is 3.35. The Morgan fingerprint density at radius 2 is 1.65 bits per heavy atom. The van der Waals surface area contributed by atoms with Gasteiger partial charge in [0.2, 0.25) is 0 Å². The van der Waals surface area contributed by atoms with Gasteiger partial charge < -0.3 is 5.11 Å². The predicted octanol–water partition coefficient (Wildman–Crippen LogP) is 4.03. The predicted molar refractivity (Wildman–Crippen MR) is 73.1 cm³/mol. The number of thioether (sulfide) groups is 1. The quantitative estimate of drug-likeness (QED) is 0.819. The highest BCUT2D eigenvalue weighted by Crippen LogP contribution is 2.34. The Labute approximate surface area is 107 Å². The van der Waals surface area contributed by atoms with Crippen molar-refractivity contribution >= 4 is 11.8 Å². The van der Waals surface area contributed by atoms with E-state index < -0.39 is 0 Å². The van der Waals surface area contributed by atoms with Crippen LogP contribution in [0.15, 0.2) is 59.5 Å². The van der Waals surface area contributed by atoms with Crippen molar-refractivity contribution in [2.75, 3.05) is 0 Å². The molecule has 0 fully saturated rings. The van der Waals surface area contributed by atoms with Crippen LogP contribution in [0.4, 0.5) is 0 Å². The maximum Gasteiger partial charge on any atom is 0.0681 e. The highest BCUT2D eigenvalue weighted by Gasteiger charge is 2.06. The highest BCUT2D eigenvalue weighted by molar-refractivity contribution is 7.99. The molecule has 0 aliphatic carbocycles. The summed E-state index contributed by atoms with van der Waals surface area (Å²) in [6.45, 7) is 2.32. The molecule has 88 valence electrons. The van der Waals surface area contributed by atoms with Crippen LogP contribution in [0.3, 0.4) is 0 Å². The van der Waals surface area contributed by atoms with Gasteiger partial charge >= 0.3 is 0 Å². The van der Waals surface area contributed by atoms with Crippen LogP contribution < -0.4 is 0 Å². The summed E-state index contributed by atoms with van der Waals surface area (Å²) in [6.07, 6.45) is 0. The first-order valence-corrected chi connectivity index (χ1v) is 6.59. The fraction of sp³-hybridized carbons (Fsp3) is 0.200. The van der Waals surface area contributed by atoms with Crippen molar-refractivity contribution in [3.05, 3.63) is 65.7 Å². The minimum atomic E-state index is 0.110. The molecule has 0 bridgehead atoms. The van der Waals surface area contributed by atoms with E-state index in [-0.39, 0.29) is 6.61 Å². The largest absolute Gasteiger partial charge is 0.392 e. The van der Waals surface area contributed by atoms with Crippen LogP contribution in [0.2, 0.25) is 0 Å². The first-order valence-electron chi connectivity index (χ1n) is 5.71. The van der Waals surface area contributed by atoms with E-state index >= 15 is 0 Å². The van der Waals surface area contributed by atoms with Crippen molar-refractivity contribution in [3.8, 4) is 0 Å². The van der Waals surface area contributed by atoms with Crippen molar-refractivity contribution in [2.45, 2.75) is 23.7 Å². The molecule has 17 heavy (non-hydrogen) atoms. The summed E-state index contributed by atoms with van der Waals surface area (Å²) in [6, 6.07) is 18.6. The van der Waals surface area contributed by atoms with E-state index in [1.807, 2.05) is 30.0 Å². The molecular formula is C15H16OS. The molecule has 0 spiro atoms. The van der Waals surface area contributed by atoms with Crippen molar-refractivity contribution in [1.29, 1.82) is 0 Å². The second-order valence-electron chi connectivity index (χ2n) is 3.97. The van der Waals surface area contributed by atoms with Crippen LogP contribution in [0.1, 0.15) is 23.3 Å². The van der Waals surface area contributed by atoms with E-state index in [9.17, 15) is 0 Å². The number of aliphatic hydroxyl groups excluding tert-OH is 1. The van der Waals surface area contributed by atoms with E-state index in [0.717, 1.165) is 5.56 Å². The van der Waals surface area contributed by atoms with Gasteiger partial charge in [0.05, 0.1) is 6.61 Å². The average Bonchev–Trinajstić information content (AvgIpc) is 2.40. The van der Waals surface area contributed by atoms with Gasteiger partial charge in [0, 0.05) is 10.1 Å². The Bertz CT molecular complexity index is 450. The lowest BCUT2D eigenvalue weighted by atomic mass is 10.2. The number of hydrogen-bond acceptors (Lipinski definition) is 2. The molecule has 0 heterocycles. The summed E-state index contributed by atoms with van der Waals surface area (Å²) in [5.41, 5.74) is 2.30. The van der Waals surface area contributed by atoms with Crippen LogP contribution in [0.5, 0.6) is 0 Å². The number of rotatable bonds is 4. The molecule has 0 amide bonds. The molecule has 0 aliphatic rings. The number of aliphatic hydroxyl groups is 1. The van der Waals surface area contributed by atoms with Crippen LogP contribution >= 0.6 is 11.8 Å². The van der Waals surface area contributed by atoms with Crippen LogP contribution in [0, 0.1) is 0 Å². The molecule has 0 aromatic heterocycles. The van der Waals surface area contributed by atoms with Crippen molar-refractivity contribution in [3.63, 3.8) is 0 Å². The van der Waals surface area contributed by atoms with E-state index in [1.165, 1.54) is 10.5 Å². The van der Waals surface area contributed by atoms with Crippen LogP contribution in [-0.2, 0) is 6.61 Å². The Morgan fingerprint density at radius 1 is 1.00 bits per heavy atom. The van der Waals surface area contributed by atoms with Gasteiger partial charge in [0.25, 0.3) is 0 Å². The Kier molecular flexibility index (Phi) is 4.24. The monoisotopic (exact) mass is 244 g/mol. The molecule has 2 aromatic carbocycles. The lowest BCUT2D eigenvalue weighted by molar-refractivity contribution is 0.282.